The summed E-state index contributed by atoms with van der Waals surface area (Å²) in [5.41, 5.74) is 3.18. The summed E-state index contributed by atoms with van der Waals surface area (Å²) < 4.78 is 10.1. The van der Waals surface area contributed by atoms with Crippen LogP contribution in [0, 0.1) is 5.92 Å². The first kappa shape index (κ1) is 27.7. The number of amides is 3. The maximum atomic E-state index is 13.3. The number of carbonyl (C=O) groups is 3. The Labute approximate surface area is 238 Å². The van der Waals surface area contributed by atoms with E-state index in [1.807, 2.05) is 41.3 Å². The molecular weight excluding hydrogens is 541 g/mol. The normalized spacial score (nSPS) is 20.4. The minimum atomic E-state index is -0.316. The molecule has 0 aromatic heterocycles. The van der Waals surface area contributed by atoms with Gasteiger partial charge in [0.15, 0.2) is 0 Å². The van der Waals surface area contributed by atoms with E-state index in [2.05, 4.69) is 0 Å². The van der Waals surface area contributed by atoms with Gasteiger partial charge in [-0.25, -0.2) is 4.79 Å². The van der Waals surface area contributed by atoms with E-state index < -0.39 is 0 Å². The molecular formula is C29H33Cl2N3O5. The Bertz CT molecular complexity index is 1200. The third kappa shape index (κ3) is 6.03. The highest BCUT2D eigenvalue weighted by Gasteiger charge is 2.38. The number of ether oxygens (including phenoxy) is 2. The van der Waals surface area contributed by atoms with E-state index in [4.69, 9.17) is 32.7 Å². The molecule has 2 aromatic carbocycles. The predicted octanol–water partition coefficient (Wildman–Crippen LogP) is 4.75. The van der Waals surface area contributed by atoms with Crippen LogP contribution in [0.25, 0.3) is 11.1 Å². The molecule has 0 spiro atoms. The van der Waals surface area contributed by atoms with Crippen LogP contribution >= 0.6 is 23.2 Å². The molecule has 208 valence electrons. The van der Waals surface area contributed by atoms with E-state index in [1.165, 1.54) is 7.11 Å². The van der Waals surface area contributed by atoms with Crippen LogP contribution in [0.1, 0.15) is 35.2 Å². The second kappa shape index (κ2) is 12.1. The zero-order valence-electron chi connectivity index (χ0n) is 22.0. The van der Waals surface area contributed by atoms with Crippen molar-refractivity contribution in [3.63, 3.8) is 0 Å². The van der Waals surface area contributed by atoms with E-state index in [0.717, 1.165) is 36.0 Å². The van der Waals surface area contributed by atoms with Gasteiger partial charge in [-0.1, -0.05) is 35.3 Å². The molecule has 8 nitrogen and oxygen atoms in total. The molecule has 0 saturated carbocycles. The number of piperidine rings is 1. The first-order chi connectivity index (χ1) is 18.9. The molecule has 1 unspecified atom stereocenters. The van der Waals surface area contributed by atoms with E-state index in [-0.39, 0.29) is 29.9 Å². The molecule has 0 aliphatic carbocycles. The fraction of sp³-hybridized carbons (Fsp3) is 0.483. The third-order valence-electron chi connectivity index (χ3n) is 8.04. The number of hydrogen-bond donors (Lipinski definition) is 0. The van der Waals surface area contributed by atoms with Gasteiger partial charge in [-0.15, -0.1) is 0 Å². The van der Waals surface area contributed by atoms with Gasteiger partial charge in [0.2, 0.25) is 5.91 Å². The average molecular weight is 575 g/mol. The summed E-state index contributed by atoms with van der Waals surface area (Å²) in [6.45, 7) is 4.21. The summed E-state index contributed by atoms with van der Waals surface area (Å²) in [6, 6.07) is 11.3. The van der Waals surface area contributed by atoms with Crippen molar-refractivity contribution in [1.29, 1.82) is 0 Å². The molecule has 3 heterocycles. The van der Waals surface area contributed by atoms with Crippen molar-refractivity contribution >= 4 is 41.1 Å². The number of likely N-dealkylation sites (tertiary alicyclic amines) is 2. The highest BCUT2D eigenvalue weighted by atomic mass is 35.5. The largest absolute Gasteiger partial charge is 0.453 e. The number of benzene rings is 2. The van der Waals surface area contributed by atoms with Crippen molar-refractivity contribution in [3.8, 4) is 11.1 Å². The standard InChI is InChI=1S/C29H33Cl2N3O5/c1-38-29(37)33-9-7-23(8-10-33)34-11-6-21(28(34)36)16-24-25(30)17-22(18-26(24)31)19-2-4-20(5-3-19)27(35)32-12-14-39-15-13-32/h2-5,17-18,21,23H,6-16H2,1H3. The van der Waals surface area contributed by atoms with Gasteiger partial charge in [0, 0.05) is 60.3 Å². The minimum Gasteiger partial charge on any atom is -0.453 e. The van der Waals surface area contributed by atoms with Gasteiger partial charge in [0.05, 0.1) is 20.3 Å². The van der Waals surface area contributed by atoms with Crippen molar-refractivity contribution in [2.24, 2.45) is 5.92 Å². The summed E-state index contributed by atoms with van der Waals surface area (Å²) in [7, 11) is 1.39. The van der Waals surface area contributed by atoms with Crippen molar-refractivity contribution < 1.29 is 23.9 Å². The summed E-state index contributed by atoms with van der Waals surface area (Å²) in [5, 5.41) is 1.06. The lowest BCUT2D eigenvalue weighted by molar-refractivity contribution is -0.133. The van der Waals surface area contributed by atoms with Crippen LogP contribution in [-0.4, -0.2) is 91.7 Å². The van der Waals surface area contributed by atoms with E-state index in [1.54, 1.807) is 9.80 Å². The number of nitrogens with zero attached hydrogens (tertiary/aromatic N) is 3. The van der Waals surface area contributed by atoms with Crippen LogP contribution in [0.2, 0.25) is 10.0 Å². The Morgan fingerprint density at radius 3 is 2.15 bits per heavy atom. The van der Waals surface area contributed by atoms with Gasteiger partial charge in [-0.05, 0) is 66.6 Å². The SMILES string of the molecule is COC(=O)N1CCC(N2CCC(Cc3c(Cl)cc(-c4ccc(C(=O)N5CCOCC5)cc4)cc3Cl)C2=O)CC1. The van der Waals surface area contributed by atoms with E-state index in [9.17, 15) is 14.4 Å². The zero-order chi connectivity index (χ0) is 27.5. The zero-order valence-corrected chi connectivity index (χ0v) is 23.5. The lowest BCUT2D eigenvalue weighted by Gasteiger charge is -2.36. The van der Waals surface area contributed by atoms with Crippen LogP contribution in [-0.2, 0) is 20.7 Å². The minimum absolute atomic E-state index is 0.000514. The second-order valence-electron chi connectivity index (χ2n) is 10.3. The molecule has 0 N–H and O–H groups in total. The van der Waals surface area contributed by atoms with Gasteiger partial charge in [-0.3, -0.25) is 9.59 Å². The molecule has 0 radical (unpaired) electrons. The van der Waals surface area contributed by atoms with Crippen LogP contribution in [0.5, 0.6) is 0 Å². The molecule has 1 atom stereocenters. The molecule has 5 rings (SSSR count). The molecule has 0 bridgehead atoms. The lowest BCUT2D eigenvalue weighted by Crippen LogP contribution is -2.47. The summed E-state index contributed by atoms with van der Waals surface area (Å²) >= 11 is 13.4. The van der Waals surface area contributed by atoms with E-state index >= 15 is 0 Å². The summed E-state index contributed by atoms with van der Waals surface area (Å²) in [4.78, 5) is 43.3. The van der Waals surface area contributed by atoms with Crippen molar-refractivity contribution in [2.75, 3.05) is 53.0 Å². The van der Waals surface area contributed by atoms with Crippen LogP contribution in [0.15, 0.2) is 36.4 Å². The van der Waals surface area contributed by atoms with Gasteiger partial charge in [0.1, 0.15) is 0 Å². The summed E-state index contributed by atoms with van der Waals surface area (Å²) in [5.74, 6) is -0.0428. The van der Waals surface area contributed by atoms with Gasteiger partial charge < -0.3 is 24.2 Å². The molecule has 3 saturated heterocycles. The van der Waals surface area contributed by atoms with Crippen LogP contribution in [0.4, 0.5) is 4.79 Å². The smallest absolute Gasteiger partial charge is 0.409 e. The highest BCUT2D eigenvalue weighted by molar-refractivity contribution is 6.36. The average Bonchev–Trinajstić information content (AvgIpc) is 3.34. The number of morpholine rings is 1. The topological polar surface area (TPSA) is 79.4 Å². The fourth-order valence-corrected chi connectivity index (χ4v) is 6.41. The lowest BCUT2D eigenvalue weighted by atomic mass is 9.95. The van der Waals surface area contributed by atoms with Gasteiger partial charge >= 0.3 is 6.09 Å². The van der Waals surface area contributed by atoms with Gasteiger partial charge in [0.25, 0.3) is 5.91 Å². The monoisotopic (exact) mass is 573 g/mol. The van der Waals surface area contributed by atoms with Crippen LogP contribution < -0.4 is 0 Å². The Hall–Kier alpha value is -2.81. The van der Waals surface area contributed by atoms with Crippen molar-refractivity contribution in [2.45, 2.75) is 31.7 Å². The quantitative estimate of drug-likeness (QED) is 0.515. The Morgan fingerprint density at radius 2 is 1.54 bits per heavy atom. The maximum absolute atomic E-state index is 13.3. The third-order valence-corrected chi connectivity index (χ3v) is 8.72. The molecule has 2 aromatic rings. The number of carbonyl (C=O) groups excluding carboxylic acids is 3. The van der Waals surface area contributed by atoms with Crippen LogP contribution in [0.3, 0.4) is 0 Å². The Balaban J connectivity index is 1.22. The first-order valence-electron chi connectivity index (χ1n) is 13.4. The number of halogens is 2. The molecule has 3 amide bonds. The number of rotatable bonds is 5. The summed E-state index contributed by atoms with van der Waals surface area (Å²) in [6.07, 6.45) is 2.43. The molecule has 3 aliphatic heterocycles. The second-order valence-corrected chi connectivity index (χ2v) is 11.1. The molecule has 10 heteroatoms. The predicted molar refractivity (Wildman–Crippen MR) is 149 cm³/mol. The Morgan fingerprint density at radius 1 is 0.897 bits per heavy atom. The molecule has 39 heavy (non-hydrogen) atoms. The van der Waals surface area contributed by atoms with E-state index in [0.29, 0.717) is 68.0 Å². The number of hydrogen-bond acceptors (Lipinski definition) is 5. The molecule has 3 aliphatic rings. The Kier molecular flexibility index (Phi) is 8.64. The number of methoxy groups -OCH3 is 1. The fourth-order valence-electron chi connectivity index (χ4n) is 5.77. The maximum Gasteiger partial charge on any atom is 0.409 e. The molecule has 3 fully saturated rings. The first-order valence-corrected chi connectivity index (χ1v) is 14.2. The highest BCUT2D eigenvalue weighted by Crippen LogP contribution is 2.36. The van der Waals surface area contributed by atoms with Crippen molar-refractivity contribution in [3.05, 3.63) is 57.6 Å². The van der Waals surface area contributed by atoms with Gasteiger partial charge in [-0.2, -0.15) is 0 Å². The van der Waals surface area contributed by atoms with Crippen molar-refractivity contribution in [1.82, 2.24) is 14.7 Å².